The topological polar surface area (TPSA) is 65.4 Å². The molecule has 0 atom stereocenters. The fourth-order valence-corrected chi connectivity index (χ4v) is 2.89. The van der Waals surface area contributed by atoms with E-state index in [9.17, 15) is 17.6 Å². The Hall–Kier alpha value is -2.52. The van der Waals surface area contributed by atoms with Gasteiger partial charge in [0.2, 0.25) is 0 Å². The van der Waals surface area contributed by atoms with E-state index >= 15 is 0 Å². The van der Waals surface area contributed by atoms with E-state index in [0.29, 0.717) is 17.3 Å². The first-order chi connectivity index (χ1) is 11.2. The van der Waals surface area contributed by atoms with Gasteiger partial charge in [-0.2, -0.15) is 23.7 Å². The van der Waals surface area contributed by atoms with Gasteiger partial charge in [0.1, 0.15) is 23.8 Å². The summed E-state index contributed by atoms with van der Waals surface area (Å²) >= 11 is 0.541. The van der Waals surface area contributed by atoms with Crippen molar-refractivity contribution in [1.82, 2.24) is 9.55 Å². The van der Waals surface area contributed by atoms with Gasteiger partial charge in [-0.25, -0.2) is 9.37 Å². The second kappa shape index (κ2) is 6.54. The Labute approximate surface area is 139 Å². The van der Waals surface area contributed by atoms with Crippen molar-refractivity contribution < 1.29 is 17.6 Å². The molecule has 1 aromatic carbocycles. The van der Waals surface area contributed by atoms with Crippen LogP contribution in [0.25, 0.3) is 11.4 Å². The number of hydrogen-bond acceptors (Lipinski definition) is 4. The number of nitriles is 2. The summed E-state index contributed by atoms with van der Waals surface area (Å²) in [6.45, 7) is 1.51. The summed E-state index contributed by atoms with van der Waals surface area (Å²) in [5, 5.41) is 18.0. The first-order valence-electron chi connectivity index (χ1n) is 6.55. The molecule has 0 fully saturated rings. The molecule has 0 amide bonds. The first kappa shape index (κ1) is 17.8. The third-order valence-corrected chi connectivity index (χ3v) is 4.43. The fourth-order valence-electron chi connectivity index (χ4n) is 2.08. The molecule has 2 aromatic rings. The molecule has 0 aliphatic heterocycles. The molecule has 0 unspecified atom stereocenters. The van der Waals surface area contributed by atoms with Crippen molar-refractivity contribution in [3.63, 3.8) is 0 Å². The zero-order valence-electron chi connectivity index (χ0n) is 12.6. The van der Waals surface area contributed by atoms with Crippen LogP contribution in [0.5, 0.6) is 0 Å². The van der Waals surface area contributed by atoms with E-state index in [-0.39, 0.29) is 27.7 Å². The molecule has 0 aliphatic rings. The molecule has 124 valence electrons. The summed E-state index contributed by atoms with van der Waals surface area (Å²) in [6, 6.07) is 5.90. The summed E-state index contributed by atoms with van der Waals surface area (Å²) in [7, 11) is 1.43. The Morgan fingerprint density at radius 3 is 2.42 bits per heavy atom. The maximum atomic E-state index is 14.3. The maximum absolute atomic E-state index is 14.3. The lowest BCUT2D eigenvalue weighted by atomic mass is 10.1. The zero-order valence-corrected chi connectivity index (χ0v) is 13.4. The van der Waals surface area contributed by atoms with E-state index in [2.05, 4.69) is 4.98 Å². The van der Waals surface area contributed by atoms with E-state index in [0.717, 1.165) is 6.07 Å². The van der Waals surface area contributed by atoms with Gasteiger partial charge in [0.05, 0.1) is 11.3 Å². The van der Waals surface area contributed by atoms with Gasteiger partial charge in [-0.1, -0.05) is 0 Å². The van der Waals surface area contributed by atoms with Gasteiger partial charge in [-0.3, -0.25) is 0 Å². The smallest absolute Gasteiger partial charge is 0.318 e. The summed E-state index contributed by atoms with van der Waals surface area (Å²) in [5.74, 6) is -1.78. The molecule has 0 radical (unpaired) electrons. The number of benzene rings is 1. The molecule has 1 heterocycles. The van der Waals surface area contributed by atoms with E-state index in [1.54, 1.807) is 12.1 Å². The van der Waals surface area contributed by atoms with Crippen molar-refractivity contribution in [1.29, 1.82) is 10.5 Å². The number of alkyl halides is 3. The van der Waals surface area contributed by atoms with E-state index in [1.165, 1.54) is 24.6 Å². The molecule has 0 aliphatic carbocycles. The Kier molecular flexibility index (Phi) is 4.86. The molecule has 0 saturated carbocycles. The maximum Gasteiger partial charge on any atom is 0.398 e. The standard InChI is InChI=1S/C15H10F4N4S/c1-8-3-10(16)9(4-13(8)24-7-15(17,18)19)14-22-11(5-20)12(6-21)23(14)2/h3-4H,7H2,1-2H3. The summed E-state index contributed by atoms with van der Waals surface area (Å²) < 4.78 is 52.7. The van der Waals surface area contributed by atoms with Gasteiger partial charge in [-0.15, -0.1) is 11.8 Å². The van der Waals surface area contributed by atoms with Crippen LogP contribution in [0.15, 0.2) is 17.0 Å². The molecule has 4 nitrogen and oxygen atoms in total. The Balaban J connectivity index is 2.54. The Morgan fingerprint density at radius 2 is 1.92 bits per heavy atom. The second-order valence-corrected chi connectivity index (χ2v) is 5.93. The molecule has 0 spiro atoms. The van der Waals surface area contributed by atoms with Crippen molar-refractivity contribution in [3.05, 3.63) is 34.9 Å². The minimum atomic E-state index is -4.35. The van der Waals surface area contributed by atoms with E-state index in [1.807, 2.05) is 0 Å². The number of imidazole rings is 1. The number of aromatic nitrogens is 2. The predicted octanol–water partition coefficient (Wildman–Crippen LogP) is 3.93. The van der Waals surface area contributed by atoms with Crippen LogP contribution in [0.4, 0.5) is 17.6 Å². The lowest BCUT2D eigenvalue weighted by Gasteiger charge is -2.11. The van der Waals surface area contributed by atoms with Crippen LogP contribution in [-0.2, 0) is 7.05 Å². The van der Waals surface area contributed by atoms with Gasteiger partial charge < -0.3 is 4.57 Å². The number of rotatable bonds is 3. The lowest BCUT2D eigenvalue weighted by molar-refractivity contribution is -0.105. The number of thioether (sulfide) groups is 1. The number of hydrogen-bond donors (Lipinski definition) is 0. The largest absolute Gasteiger partial charge is 0.398 e. The van der Waals surface area contributed by atoms with Crippen LogP contribution in [-0.4, -0.2) is 21.5 Å². The SMILES string of the molecule is Cc1cc(F)c(-c2nc(C#N)c(C#N)n2C)cc1SCC(F)(F)F. The number of halogens is 4. The second-order valence-electron chi connectivity index (χ2n) is 4.92. The minimum Gasteiger partial charge on any atom is -0.318 e. The van der Waals surface area contributed by atoms with Crippen molar-refractivity contribution in [3.8, 4) is 23.5 Å². The lowest BCUT2D eigenvalue weighted by Crippen LogP contribution is -2.10. The highest BCUT2D eigenvalue weighted by Gasteiger charge is 2.28. The van der Waals surface area contributed by atoms with Crippen LogP contribution in [0.1, 0.15) is 17.0 Å². The third kappa shape index (κ3) is 3.52. The Morgan fingerprint density at radius 1 is 1.25 bits per heavy atom. The molecular formula is C15H10F4N4S. The minimum absolute atomic E-state index is 0.00876. The quantitative estimate of drug-likeness (QED) is 0.619. The summed E-state index contributed by atoms with van der Waals surface area (Å²) in [6.07, 6.45) is -4.35. The van der Waals surface area contributed by atoms with Crippen molar-refractivity contribution >= 4 is 11.8 Å². The number of aryl methyl sites for hydroxylation is 1. The molecule has 1 aromatic heterocycles. The van der Waals surface area contributed by atoms with Crippen LogP contribution >= 0.6 is 11.8 Å². The summed E-state index contributed by atoms with van der Waals surface area (Å²) in [4.78, 5) is 4.17. The van der Waals surface area contributed by atoms with Crippen molar-refractivity contribution in [2.24, 2.45) is 7.05 Å². The third-order valence-electron chi connectivity index (χ3n) is 3.20. The van der Waals surface area contributed by atoms with Gasteiger partial charge in [0.25, 0.3) is 0 Å². The van der Waals surface area contributed by atoms with Crippen LogP contribution in [0, 0.1) is 35.4 Å². The average Bonchev–Trinajstić information content (AvgIpc) is 2.81. The van der Waals surface area contributed by atoms with Crippen LogP contribution < -0.4 is 0 Å². The highest BCUT2D eigenvalue weighted by atomic mass is 32.2. The zero-order chi connectivity index (χ0) is 18.1. The van der Waals surface area contributed by atoms with E-state index < -0.39 is 17.7 Å². The average molecular weight is 354 g/mol. The van der Waals surface area contributed by atoms with Crippen LogP contribution in [0.2, 0.25) is 0 Å². The molecular weight excluding hydrogens is 344 g/mol. The highest BCUT2D eigenvalue weighted by Crippen LogP contribution is 2.34. The van der Waals surface area contributed by atoms with Gasteiger partial charge in [0, 0.05) is 11.9 Å². The van der Waals surface area contributed by atoms with Gasteiger partial charge >= 0.3 is 6.18 Å². The highest BCUT2D eigenvalue weighted by molar-refractivity contribution is 7.99. The Bertz CT molecular complexity index is 872. The first-order valence-corrected chi connectivity index (χ1v) is 7.53. The fraction of sp³-hybridized carbons (Fsp3) is 0.267. The van der Waals surface area contributed by atoms with Crippen molar-refractivity contribution in [2.75, 3.05) is 5.75 Å². The van der Waals surface area contributed by atoms with Gasteiger partial charge in [0.15, 0.2) is 11.4 Å². The molecule has 24 heavy (non-hydrogen) atoms. The van der Waals surface area contributed by atoms with E-state index in [4.69, 9.17) is 10.5 Å². The normalized spacial score (nSPS) is 11.2. The predicted molar refractivity (Wildman–Crippen MR) is 79.5 cm³/mol. The number of nitrogens with zero attached hydrogens (tertiary/aromatic N) is 4. The molecule has 9 heteroatoms. The summed E-state index contributed by atoms with van der Waals surface area (Å²) in [5.41, 5.74) is 0.0861. The molecule has 0 N–H and O–H groups in total. The molecule has 2 rings (SSSR count). The van der Waals surface area contributed by atoms with Crippen molar-refractivity contribution in [2.45, 2.75) is 18.0 Å². The van der Waals surface area contributed by atoms with Crippen LogP contribution in [0.3, 0.4) is 0 Å². The molecule has 0 saturated heterocycles. The monoisotopic (exact) mass is 354 g/mol. The van der Waals surface area contributed by atoms with Gasteiger partial charge in [-0.05, 0) is 24.6 Å². The molecule has 0 bridgehead atoms.